The predicted molar refractivity (Wildman–Crippen MR) is 78.2 cm³/mol. The highest BCUT2D eigenvalue weighted by Gasteiger charge is 2.20. The third kappa shape index (κ3) is 3.49. The molecule has 0 saturated heterocycles. The van der Waals surface area contributed by atoms with Gasteiger partial charge in [0.05, 0.1) is 7.11 Å². The Hall–Kier alpha value is -1.02. The van der Waals surface area contributed by atoms with E-state index in [2.05, 4.69) is 46.8 Å². The number of nitrogens with two attached hydrogens (primary N) is 1. The maximum atomic E-state index is 6.22. The maximum absolute atomic E-state index is 6.22. The predicted octanol–water partition coefficient (Wildman–Crippen LogP) is 3.62. The van der Waals surface area contributed by atoms with E-state index in [-0.39, 0.29) is 11.5 Å². The molecule has 1 aromatic carbocycles. The monoisotopic (exact) mass is 249 g/mol. The molecule has 2 N–H and O–H groups in total. The normalized spacial score (nSPS) is 13.5. The average Bonchev–Trinajstić information content (AvgIpc) is 2.29. The minimum Gasteiger partial charge on any atom is -0.496 e. The molecule has 0 saturated carbocycles. The minimum absolute atomic E-state index is 0.160. The molecular weight excluding hydrogens is 222 g/mol. The second-order valence-corrected chi connectivity index (χ2v) is 6.21. The van der Waals surface area contributed by atoms with E-state index in [9.17, 15) is 0 Å². The van der Waals surface area contributed by atoms with Crippen molar-refractivity contribution in [2.45, 2.75) is 53.5 Å². The summed E-state index contributed by atoms with van der Waals surface area (Å²) in [5.41, 5.74) is 10.2. The smallest absolute Gasteiger partial charge is 0.125 e. The summed E-state index contributed by atoms with van der Waals surface area (Å²) in [5.74, 6) is 1.02. The molecule has 0 aliphatic heterocycles. The molecule has 0 aromatic heterocycles. The molecular formula is C16H27NO. The van der Waals surface area contributed by atoms with Crippen LogP contribution in [0.25, 0.3) is 0 Å². The molecule has 18 heavy (non-hydrogen) atoms. The molecule has 1 rings (SSSR count). The summed E-state index contributed by atoms with van der Waals surface area (Å²) in [5, 5.41) is 0. The van der Waals surface area contributed by atoms with Crippen molar-refractivity contribution < 1.29 is 4.74 Å². The van der Waals surface area contributed by atoms with Gasteiger partial charge in [0.1, 0.15) is 5.75 Å². The van der Waals surface area contributed by atoms with Crippen molar-refractivity contribution in [2.75, 3.05) is 7.11 Å². The lowest BCUT2D eigenvalue weighted by atomic mass is 9.84. The van der Waals surface area contributed by atoms with Gasteiger partial charge < -0.3 is 10.5 Å². The van der Waals surface area contributed by atoms with Crippen molar-refractivity contribution in [2.24, 2.45) is 11.1 Å². The van der Waals surface area contributed by atoms with Gasteiger partial charge in [0.25, 0.3) is 0 Å². The first-order valence-electron chi connectivity index (χ1n) is 6.66. The second-order valence-electron chi connectivity index (χ2n) is 6.21. The Labute approximate surface area is 112 Å². The van der Waals surface area contributed by atoms with Crippen LogP contribution in [0, 0.1) is 19.3 Å². The second kappa shape index (κ2) is 5.75. The van der Waals surface area contributed by atoms with Crippen LogP contribution in [-0.4, -0.2) is 13.2 Å². The van der Waals surface area contributed by atoms with Crippen LogP contribution in [0.3, 0.4) is 0 Å². The maximum Gasteiger partial charge on any atom is 0.125 e. The SMILES string of the molecule is COc1c(CCC(N)C(C)(C)C)ccc(C)c1C. The van der Waals surface area contributed by atoms with Crippen molar-refractivity contribution >= 4 is 0 Å². The van der Waals surface area contributed by atoms with E-state index < -0.39 is 0 Å². The molecule has 0 aliphatic rings. The summed E-state index contributed by atoms with van der Waals surface area (Å²) in [6.45, 7) is 10.8. The number of hydrogen-bond acceptors (Lipinski definition) is 2. The van der Waals surface area contributed by atoms with Gasteiger partial charge in [-0.15, -0.1) is 0 Å². The lowest BCUT2D eigenvalue weighted by molar-refractivity contribution is 0.304. The molecule has 0 bridgehead atoms. The van der Waals surface area contributed by atoms with Crippen LogP contribution in [-0.2, 0) is 6.42 Å². The van der Waals surface area contributed by atoms with Crippen molar-refractivity contribution in [1.29, 1.82) is 0 Å². The van der Waals surface area contributed by atoms with E-state index >= 15 is 0 Å². The summed E-state index contributed by atoms with van der Waals surface area (Å²) in [6, 6.07) is 4.54. The fourth-order valence-electron chi connectivity index (χ4n) is 2.07. The fraction of sp³-hybridized carbons (Fsp3) is 0.625. The van der Waals surface area contributed by atoms with E-state index in [1.165, 1.54) is 16.7 Å². The highest BCUT2D eigenvalue weighted by molar-refractivity contribution is 5.45. The quantitative estimate of drug-likeness (QED) is 0.884. The Bertz CT molecular complexity index is 404. The first-order chi connectivity index (χ1) is 8.27. The van der Waals surface area contributed by atoms with Gasteiger partial charge in [-0.3, -0.25) is 0 Å². The van der Waals surface area contributed by atoms with Crippen molar-refractivity contribution in [3.8, 4) is 5.75 Å². The van der Waals surface area contributed by atoms with Crippen molar-refractivity contribution in [1.82, 2.24) is 0 Å². The minimum atomic E-state index is 0.160. The molecule has 2 nitrogen and oxygen atoms in total. The zero-order valence-corrected chi connectivity index (χ0v) is 12.6. The van der Waals surface area contributed by atoms with Crippen LogP contribution in [0.4, 0.5) is 0 Å². The van der Waals surface area contributed by atoms with Gasteiger partial charge >= 0.3 is 0 Å². The highest BCUT2D eigenvalue weighted by atomic mass is 16.5. The van der Waals surface area contributed by atoms with Crippen LogP contribution in [0.2, 0.25) is 0 Å². The van der Waals surface area contributed by atoms with Gasteiger partial charge in [0.2, 0.25) is 0 Å². The Morgan fingerprint density at radius 3 is 2.33 bits per heavy atom. The summed E-state index contributed by atoms with van der Waals surface area (Å²) in [7, 11) is 1.75. The molecule has 0 fully saturated rings. The largest absolute Gasteiger partial charge is 0.496 e. The number of methoxy groups -OCH3 is 1. The fourth-order valence-corrected chi connectivity index (χ4v) is 2.07. The molecule has 102 valence electrons. The summed E-state index contributed by atoms with van der Waals surface area (Å²) in [6.07, 6.45) is 1.96. The van der Waals surface area contributed by atoms with E-state index in [1.54, 1.807) is 7.11 Å². The molecule has 0 spiro atoms. The van der Waals surface area contributed by atoms with Crippen LogP contribution in [0.1, 0.15) is 43.9 Å². The van der Waals surface area contributed by atoms with Crippen LogP contribution >= 0.6 is 0 Å². The van der Waals surface area contributed by atoms with Gasteiger partial charge in [-0.05, 0) is 48.8 Å². The Balaban J connectivity index is 2.83. The zero-order valence-electron chi connectivity index (χ0n) is 12.6. The van der Waals surface area contributed by atoms with Gasteiger partial charge in [-0.1, -0.05) is 32.9 Å². The molecule has 1 atom stereocenters. The number of ether oxygens (including phenoxy) is 1. The lowest BCUT2D eigenvalue weighted by Crippen LogP contribution is -2.35. The Kier molecular flexibility index (Phi) is 4.80. The van der Waals surface area contributed by atoms with Gasteiger partial charge in [-0.2, -0.15) is 0 Å². The van der Waals surface area contributed by atoms with Gasteiger partial charge in [0.15, 0.2) is 0 Å². The van der Waals surface area contributed by atoms with Gasteiger partial charge in [0, 0.05) is 6.04 Å². The Morgan fingerprint density at radius 1 is 1.22 bits per heavy atom. The summed E-state index contributed by atoms with van der Waals surface area (Å²) in [4.78, 5) is 0. The van der Waals surface area contributed by atoms with E-state index in [1.807, 2.05) is 0 Å². The van der Waals surface area contributed by atoms with Crippen molar-refractivity contribution in [3.63, 3.8) is 0 Å². The molecule has 2 heteroatoms. The standard InChI is InChI=1S/C16H27NO/c1-11-7-8-13(15(18-6)12(11)2)9-10-14(17)16(3,4)5/h7-8,14H,9-10,17H2,1-6H3. The third-order valence-electron chi connectivity index (χ3n) is 3.80. The molecule has 1 aromatic rings. The van der Waals surface area contributed by atoms with E-state index in [0.29, 0.717) is 0 Å². The molecule has 0 aliphatic carbocycles. The summed E-state index contributed by atoms with van der Waals surface area (Å²) < 4.78 is 5.53. The lowest BCUT2D eigenvalue weighted by Gasteiger charge is -2.27. The van der Waals surface area contributed by atoms with Crippen LogP contribution < -0.4 is 10.5 Å². The first kappa shape index (κ1) is 15.0. The Morgan fingerprint density at radius 2 is 1.83 bits per heavy atom. The molecule has 1 unspecified atom stereocenters. The number of hydrogen-bond donors (Lipinski definition) is 1. The summed E-state index contributed by atoms with van der Waals surface area (Å²) >= 11 is 0. The van der Waals surface area contributed by atoms with Crippen molar-refractivity contribution in [3.05, 3.63) is 28.8 Å². The zero-order chi connectivity index (χ0) is 13.9. The number of benzene rings is 1. The topological polar surface area (TPSA) is 35.2 Å². The van der Waals surface area contributed by atoms with E-state index in [0.717, 1.165) is 18.6 Å². The van der Waals surface area contributed by atoms with Crippen LogP contribution in [0.5, 0.6) is 5.75 Å². The van der Waals surface area contributed by atoms with E-state index in [4.69, 9.17) is 10.5 Å². The average molecular weight is 249 g/mol. The molecule has 0 radical (unpaired) electrons. The molecule has 0 heterocycles. The third-order valence-corrected chi connectivity index (χ3v) is 3.80. The first-order valence-corrected chi connectivity index (χ1v) is 6.66. The van der Waals surface area contributed by atoms with Gasteiger partial charge in [-0.25, -0.2) is 0 Å². The number of rotatable bonds is 4. The van der Waals surface area contributed by atoms with Crippen LogP contribution in [0.15, 0.2) is 12.1 Å². The molecule has 0 amide bonds. The highest BCUT2D eigenvalue weighted by Crippen LogP contribution is 2.29. The number of aryl methyl sites for hydroxylation is 2.